The fraction of sp³-hybridized carbons (Fsp3) is 0.909. The molecule has 0 aliphatic heterocycles. The second kappa shape index (κ2) is 5.19. The fourth-order valence-corrected chi connectivity index (χ4v) is 2.41. The molecule has 88 valence electrons. The number of halogens is 1. The molecule has 1 N–H and O–H groups in total. The van der Waals surface area contributed by atoms with Crippen LogP contribution < -0.4 is 5.32 Å². The van der Waals surface area contributed by atoms with Crippen LogP contribution in [0.3, 0.4) is 0 Å². The molecule has 2 atom stereocenters. The smallest absolute Gasteiger partial charge is 0.407 e. The lowest BCUT2D eigenvalue weighted by Crippen LogP contribution is -2.37. The standard InChI is InChI=1S/C11H20BrNO2/c1-11(2,3)15-10(14)13-9-5-4-8(6-9)7-12/h8-9H,4-7H2,1-3H3,(H,13,14)/t8?,9-/m1/s1. The molecule has 0 spiro atoms. The molecule has 1 aliphatic carbocycles. The number of alkyl halides is 1. The lowest BCUT2D eigenvalue weighted by molar-refractivity contribution is 0.0505. The number of hydrogen-bond acceptors (Lipinski definition) is 2. The van der Waals surface area contributed by atoms with Crippen molar-refractivity contribution in [3.05, 3.63) is 0 Å². The summed E-state index contributed by atoms with van der Waals surface area (Å²) in [6.07, 6.45) is 3.02. The second-order valence-corrected chi connectivity index (χ2v) is 5.82. The van der Waals surface area contributed by atoms with Crippen LogP contribution in [-0.4, -0.2) is 23.1 Å². The van der Waals surface area contributed by atoms with Crippen molar-refractivity contribution >= 4 is 22.0 Å². The predicted molar refractivity (Wildman–Crippen MR) is 64.3 cm³/mol. The number of rotatable bonds is 2. The Kier molecular flexibility index (Phi) is 4.44. The summed E-state index contributed by atoms with van der Waals surface area (Å²) >= 11 is 3.47. The second-order valence-electron chi connectivity index (χ2n) is 5.18. The maximum absolute atomic E-state index is 11.5. The van der Waals surface area contributed by atoms with E-state index in [1.165, 1.54) is 6.42 Å². The third-order valence-corrected chi connectivity index (χ3v) is 3.40. The molecule has 0 heterocycles. The molecular weight excluding hydrogens is 258 g/mol. The Morgan fingerprint density at radius 3 is 2.60 bits per heavy atom. The summed E-state index contributed by atoms with van der Waals surface area (Å²) < 4.78 is 5.21. The SMILES string of the molecule is CC(C)(C)OC(=O)N[C@@H]1CCC(CBr)C1. The van der Waals surface area contributed by atoms with Gasteiger partial charge in [0.2, 0.25) is 0 Å². The van der Waals surface area contributed by atoms with Crippen molar-refractivity contribution in [2.75, 3.05) is 5.33 Å². The van der Waals surface area contributed by atoms with Crippen LogP contribution in [0.15, 0.2) is 0 Å². The highest BCUT2D eigenvalue weighted by Gasteiger charge is 2.26. The van der Waals surface area contributed by atoms with Crippen LogP contribution in [0.5, 0.6) is 0 Å². The van der Waals surface area contributed by atoms with E-state index in [0.29, 0.717) is 12.0 Å². The molecule has 1 rings (SSSR count). The summed E-state index contributed by atoms with van der Waals surface area (Å²) in [4.78, 5) is 11.5. The molecule has 0 bridgehead atoms. The first-order valence-corrected chi connectivity index (χ1v) is 6.58. The van der Waals surface area contributed by atoms with Crippen LogP contribution in [0.1, 0.15) is 40.0 Å². The molecule has 1 unspecified atom stereocenters. The topological polar surface area (TPSA) is 38.3 Å². The van der Waals surface area contributed by atoms with Gasteiger partial charge in [-0.2, -0.15) is 0 Å². The monoisotopic (exact) mass is 277 g/mol. The number of nitrogens with one attached hydrogen (secondary N) is 1. The van der Waals surface area contributed by atoms with Gasteiger partial charge < -0.3 is 10.1 Å². The van der Waals surface area contributed by atoms with Gasteiger partial charge in [0.05, 0.1) is 0 Å². The zero-order valence-corrected chi connectivity index (χ0v) is 11.3. The number of ether oxygens (including phenoxy) is 1. The van der Waals surface area contributed by atoms with Crippen molar-refractivity contribution in [1.82, 2.24) is 5.32 Å². The Bertz CT molecular complexity index is 225. The normalized spacial score (nSPS) is 26.4. The van der Waals surface area contributed by atoms with E-state index in [1.807, 2.05) is 20.8 Å². The first-order chi connectivity index (χ1) is 6.90. The van der Waals surface area contributed by atoms with E-state index in [-0.39, 0.29) is 6.09 Å². The van der Waals surface area contributed by atoms with E-state index in [1.54, 1.807) is 0 Å². The molecule has 4 heteroatoms. The third-order valence-electron chi connectivity index (χ3n) is 2.48. The maximum Gasteiger partial charge on any atom is 0.407 e. The number of carbonyl (C=O) groups excluding carboxylic acids is 1. The van der Waals surface area contributed by atoms with Crippen LogP contribution in [0, 0.1) is 5.92 Å². The molecule has 3 nitrogen and oxygen atoms in total. The lowest BCUT2D eigenvalue weighted by atomic mass is 10.1. The zero-order chi connectivity index (χ0) is 11.5. The fourth-order valence-electron chi connectivity index (χ4n) is 1.82. The van der Waals surface area contributed by atoms with E-state index >= 15 is 0 Å². The van der Waals surface area contributed by atoms with Crippen LogP contribution in [0.2, 0.25) is 0 Å². The Balaban J connectivity index is 2.28. The molecule has 0 aromatic rings. The van der Waals surface area contributed by atoms with Crippen LogP contribution in [-0.2, 0) is 4.74 Å². The van der Waals surface area contributed by atoms with Crippen LogP contribution >= 0.6 is 15.9 Å². The molecule has 1 aliphatic rings. The molecule has 1 fully saturated rings. The minimum Gasteiger partial charge on any atom is -0.444 e. The quantitative estimate of drug-likeness (QED) is 0.788. The van der Waals surface area contributed by atoms with Gasteiger partial charge in [0.15, 0.2) is 0 Å². The summed E-state index contributed by atoms with van der Waals surface area (Å²) in [5.41, 5.74) is -0.405. The molecule has 0 aromatic heterocycles. The Morgan fingerprint density at radius 1 is 1.47 bits per heavy atom. The maximum atomic E-state index is 11.5. The largest absolute Gasteiger partial charge is 0.444 e. The molecule has 1 saturated carbocycles. The summed E-state index contributed by atoms with van der Waals surface area (Å²) in [7, 11) is 0. The van der Waals surface area contributed by atoms with Gasteiger partial charge in [0.25, 0.3) is 0 Å². The minimum absolute atomic E-state index is 0.289. The molecular formula is C11H20BrNO2. The summed E-state index contributed by atoms with van der Waals surface area (Å²) in [6.45, 7) is 5.63. The van der Waals surface area contributed by atoms with E-state index in [9.17, 15) is 4.79 Å². The molecule has 0 saturated heterocycles. The first-order valence-electron chi connectivity index (χ1n) is 5.46. The lowest BCUT2D eigenvalue weighted by Gasteiger charge is -2.21. The average molecular weight is 278 g/mol. The van der Waals surface area contributed by atoms with Crippen molar-refractivity contribution in [3.8, 4) is 0 Å². The van der Waals surface area contributed by atoms with Crippen LogP contribution in [0.4, 0.5) is 4.79 Å². The van der Waals surface area contributed by atoms with E-state index < -0.39 is 5.60 Å². The summed E-state index contributed by atoms with van der Waals surface area (Å²) in [5, 5.41) is 3.94. The van der Waals surface area contributed by atoms with Gasteiger partial charge in [-0.25, -0.2) is 4.79 Å². The van der Waals surface area contributed by atoms with Crippen LogP contribution in [0.25, 0.3) is 0 Å². The van der Waals surface area contributed by atoms with Crippen molar-refractivity contribution in [2.45, 2.75) is 51.7 Å². The predicted octanol–water partition coefficient (Wildman–Crippen LogP) is 3.07. The summed E-state index contributed by atoms with van der Waals surface area (Å²) in [6, 6.07) is 0.294. The Hall–Kier alpha value is -0.250. The number of alkyl carbamates (subject to hydrolysis) is 1. The zero-order valence-electron chi connectivity index (χ0n) is 9.68. The third kappa shape index (κ3) is 4.87. The number of hydrogen-bond donors (Lipinski definition) is 1. The van der Waals surface area contributed by atoms with Gasteiger partial charge in [0.1, 0.15) is 5.60 Å². The van der Waals surface area contributed by atoms with Gasteiger partial charge in [-0.3, -0.25) is 0 Å². The van der Waals surface area contributed by atoms with Crippen molar-refractivity contribution in [3.63, 3.8) is 0 Å². The van der Waals surface area contributed by atoms with Gasteiger partial charge in [-0.1, -0.05) is 15.9 Å². The van der Waals surface area contributed by atoms with Crippen molar-refractivity contribution in [1.29, 1.82) is 0 Å². The molecule has 0 aromatic carbocycles. The highest BCUT2D eigenvalue weighted by atomic mass is 79.9. The Labute approximate surface area is 100 Å². The minimum atomic E-state index is -0.405. The molecule has 1 amide bonds. The number of carbonyl (C=O) groups is 1. The average Bonchev–Trinajstić information content (AvgIpc) is 2.48. The van der Waals surface area contributed by atoms with Gasteiger partial charge in [0, 0.05) is 11.4 Å². The van der Waals surface area contributed by atoms with Crippen molar-refractivity contribution in [2.24, 2.45) is 5.92 Å². The van der Waals surface area contributed by atoms with E-state index in [0.717, 1.165) is 18.2 Å². The van der Waals surface area contributed by atoms with E-state index in [4.69, 9.17) is 4.74 Å². The highest BCUT2D eigenvalue weighted by molar-refractivity contribution is 9.09. The van der Waals surface area contributed by atoms with Gasteiger partial charge in [-0.15, -0.1) is 0 Å². The molecule has 0 radical (unpaired) electrons. The Morgan fingerprint density at radius 2 is 2.13 bits per heavy atom. The summed E-state index contributed by atoms with van der Waals surface area (Å²) in [5.74, 6) is 0.699. The van der Waals surface area contributed by atoms with Gasteiger partial charge in [-0.05, 0) is 46.0 Å². The highest BCUT2D eigenvalue weighted by Crippen LogP contribution is 2.27. The van der Waals surface area contributed by atoms with Gasteiger partial charge >= 0.3 is 6.09 Å². The first kappa shape index (κ1) is 12.8. The van der Waals surface area contributed by atoms with Crippen molar-refractivity contribution < 1.29 is 9.53 Å². The molecule has 15 heavy (non-hydrogen) atoms. The van der Waals surface area contributed by atoms with E-state index in [2.05, 4.69) is 21.2 Å². The number of amides is 1.